The Balaban J connectivity index is 1.85. The smallest absolute Gasteiger partial charge is 0.150 e. The van der Waals surface area contributed by atoms with Crippen molar-refractivity contribution >= 4 is 15.7 Å². The fraction of sp³-hybridized carbons (Fsp3) is 0.667. The first kappa shape index (κ1) is 10.5. The Kier molecular flexibility index (Phi) is 2.68. The zero-order chi connectivity index (χ0) is 10.9. The molecule has 1 aliphatic rings. The largest absolute Gasteiger partial charge is 0.382 e. The SMILES string of the molecule is Nc1ccn(CCC2CCS(=O)(=O)C2)n1. The highest BCUT2D eigenvalue weighted by atomic mass is 32.2. The van der Waals surface area contributed by atoms with E-state index in [2.05, 4.69) is 5.10 Å². The van der Waals surface area contributed by atoms with Crippen LogP contribution in [0.25, 0.3) is 0 Å². The number of aryl methyl sites for hydroxylation is 1. The fourth-order valence-corrected chi connectivity index (χ4v) is 3.83. The number of nitrogens with two attached hydrogens (primary N) is 1. The van der Waals surface area contributed by atoms with Gasteiger partial charge in [0, 0.05) is 12.7 Å². The molecule has 5 nitrogen and oxygen atoms in total. The number of rotatable bonds is 3. The van der Waals surface area contributed by atoms with Gasteiger partial charge in [0.1, 0.15) is 5.82 Å². The zero-order valence-corrected chi connectivity index (χ0v) is 9.28. The summed E-state index contributed by atoms with van der Waals surface area (Å²) in [6.45, 7) is 0.747. The topological polar surface area (TPSA) is 78.0 Å². The Bertz CT molecular complexity index is 438. The van der Waals surface area contributed by atoms with Crippen LogP contribution in [0.2, 0.25) is 0 Å². The lowest BCUT2D eigenvalue weighted by molar-refractivity contribution is 0.466. The molecule has 2 heterocycles. The van der Waals surface area contributed by atoms with E-state index in [1.807, 2.05) is 6.20 Å². The molecule has 0 aliphatic carbocycles. The molecule has 1 aromatic heterocycles. The van der Waals surface area contributed by atoms with Gasteiger partial charge in [0.15, 0.2) is 9.84 Å². The van der Waals surface area contributed by atoms with Crippen LogP contribution >= 0.6 is 0 Å². The Morgan fingerprint density at radius 2 is 2.40 bits per heavy atom. The van der Waals surface area contributed by atoms with E-state index in [0.29, 0.717) is 23.2 Å². The molecule has 2 rings (SSSR count). The third-order valence-electron chi connectivity index (χ3n) is 2.75. The Morgan fingerprint density at radius 1 is 1.60 bits per heavy atom. The highest BCUT2D eigenvalue weighted by Gasteiger charge is 2.27. The average molecular weight is 229 g/mol. The number of nitrogens with zero attached hydrogens (tertiary/aromatic N) is 2. The summed E-state index contributed by atoms with van der Waals surface area (Å²) in [5.74, 6) is 1.48. The van der Waals surface area contributed by atoms with Crippen LogP contribution in [0.5, 0.6) is 0 Å². The Morgan fingerprint density at radius 3 is 2.93 bits per heavy atom. The van der Waals surface area contributed by atoms with Crippen LogP contribution in [0.15, 0.2) is 12.3 Å². The molecule has 0 spiro atoms. The molecule has 0 radical (unpaired) electrons. The van der Waals surface area contributed by atoms with E-state index in [1.165, 1.54) is 0 Å². The van der Waals surface area contributed by atoms with Gasteiger partial charge >= 0.3 is 0 Å². The van der Waals surface area contributed by atoms with Crippen LogP contribution < -0.4 is 5.73 Å². The first-order valence-corrected chi connectivity index (χ1v) is 6.87. The van der Waals surface area contributed by atoms with Crippen molar-refractivity contribution < 1.29 is 8.42 Å². The molecule has 0 saturated carbocycles. The first-order valence-electron chi connectivity index (χ1n) is 5.04. The van der Waals surface area contributed by atoms with E-state index >= 15 is 0 Å². The van der Waals surface area contributed by atoms with Crippen molar-refractivity contribution in [2.75, 3.05) is 17.2 Å². The van der Waals surface area contributed by atoms with E-state index in [9.17, 15) is 8.42 Å². The van der Waals surface area contributed by atoms with E-state index in [-0.39, 0.29) is 0 Å². The van der Waals surface area contributed by atoms with Gasteiger partial charge < -0.3 is 5.73 Å². The van der Waals surface area contributed by atoms with Gasteiger partial charge in [-0.3, -0.25) is 4.68 Å². The minimum Gasteiger partial charge on any atom is -0.382 e. The monoisotopic (exact) mass is 229 g/mol. The number of aromatic nitrogens is 2. The average Bonchev–Trinajstić information content (AvgIpc) is 2.69. The minimum absolute atomic E-state index is 0.292. The molecule has 2 N–H and O–H groups in total. The molecule has 6 heteroatoms. The molecular formula is C9H15N3O2S. The Hall–Kier alpha value is -1.04. The van der Waals surface area contributed by atoms with Crippen LogP contribution in [0.4, 0.5) is 5.82 Å². The number of anilines is 1. The first-order chi connectivity index (χ1) is 7.05. The van der Waals surface area contributed by atoms with Crippen LogP contribution in [-0.4, -0.2) is 29.7 Å². The quantitative estimate of drug-likeness (QED) is 0.808. The van der Waals surface area contributed by atoms with Gasteiger partial charge in [-0.15, -0.1) is 0 Å². The van der Waals surface area contributed by atoms with Crippen molar-refractivity contribution in [1.29, 1.82) is 0 Å². The van der Waals surface area contributed by atoms with Crippen LogP contribution in [0.1, 0.15) is 12.8 Å². The molecule has 1 aliphatic heterocycles. The standard InChI is InChI=1S/C9H15N3O2S/c10-9-2-5-12(11-9)4-1-8-3-6-15(13,14)7-8/h2,5,8H,1,3-4,6-7H2,(H2,10,11). The predicted octanol–water partition coefficient (Wildman–Crippen LogP) is 0.290. The van der Waals surface area contributed by atoms with Gasteiger partial charge in [-0.25, -0.2) is 8.42 Å². The van der Waals surface area contributed by atoms with E-state index in [4.69, 9.17) is 5.73 Å². The molecule has 1 aromatic rings. The minimum atomic E-state index is -2.75. The maximum absolute atomic E-state index is 11.2. The summed E-state index contributed by atoms with van der Waals surface area (Å²) in [5.41, 5.74) is 5.48. The molecule has 0 aromatic carbocycles. The van der Waals surface area contributed by atoms with Crippen molar-refractivity contribution in [3.63, 3.8) is 0 Å². The molecule has 1 atom stereocenters. The summed E-state index contributed by atoms with van der Waals surface area (Å²) in [6.07, 6.45) is 3.47. The predicted molar refractivity (Wildman–Crippen MR) is 58.0 cm³/mol. The van der Waals surface area contributed by atoms with Crippen molar-refractivity contribution in [2.45, 2.75) is 19.4 Å². The van der Waals surface area contributed by atoms with Gasteiger partial charge in [-0.1, -0.05) is 0 Å². The van der Waals surface area contributed by atoms with Gasteiger partial charge in [0.25, 0.3) is 0 Å². The highest BCUT2D eigenvalue weighted by Crippen LogP contribution is 2.21. The van der Waals surface area contributed by atoms with E-state index in [0.717, 1.165) is 19.4 Å². The number of hydrogen-bond acceptors (Lipinski definition) is 4. The summed E-state index contributed by atoms with van der Waals surface area (Å²) >= 11 is 0. The van der Waals surface area contributed by atoms with E-state index < -0.39 is 9.84 Å². The van der Waals surface area contributed by atoms with Crippen molar-refractivity contribution in [2.24, 2.45) is 5.92 Å². The molecule has 1 saturated heterocycles. The summed E-state index contributed by atoms with van der Waals surface area (Å²) < 4.78 is 24.2. The second-order valence-corrected chi connectivity index (χ2v) is 6.29. The summed E-state index contributed by atoms with van der Waals surface area (Å²) in [6, 6.07) is 1.74. The van der Waals surface area contributed by atoms with Gasteiger partial charge in [0.05, 0.1) is 11.5 Å². The van der Waals surface area contributed by atoms with E-state index in [1.54, 1.807) is 10.7 Å². The molecule has 84 valence electrons. The fourth-order valence-electron chi connectivity index (χ4n) is 1.92. The van der Waals surface area contributed by atoms with Gasteiger partial charge in [-0.2, -0.15) is 5.10 Å². The number of nitrogen functional groups attached to an aromatic ring is 1. The van der Waals surface area contributed by atoms with Gasteiger partial charge in [-0.05, 0) is 24.8 Å². The summed E-state index contributed by atoms with van der Waals surface area (Å²) in [4.78, 5) is 0. The second kappa shape index (κ2) is 3.84. The van der Waals surface area contributed by atoms with Crippen molar-refractivity contribution in [1.82, 2.24) is 9.78 Å². The van der Waals surface area contributed by atoms with Crippen molar-refractivity contribution in [3.8, 4) is 0 Å². The maximum Gasteiger partial charge on any atom is 0.150 e. The zero-order valence-electron chi connectivity index (χ0n) is 8.46. The molecule has 0 bridgehead atoms. The summed E-state index contributed by atoms with van der Waals surface area (Å²) in [7, 11) is -2.75. The summed E-state index contributed by atoms with van der Waals surface area (Å²) in [5, 5.41) is 4.05. The Labute approximate surface area is 89.2 Å². The number of sulfone groups is 1. The third kappa shape index (κ3) is 2.71. The molecular weight excluding hydrogens is 214 g/mol. The molecule has 1 fully saturated rings. The third-order valence-corrected chi connectivity index (χ3v) is 4.59. The maximum atomic E-state index is 11.2. The normalized spacial score (nSPS) is 24.4. The second-order valence-electron chi connectivity index (χ2n) is 4.06. The molecule has 0 amide bonds. The lowest BCUT2D eigenvalue weighted by Gasteiger charge is -2.06. The molecule has 15 heavy (non-hydrogen) atoms. The van der Waals surface area contributed by atoms with Crippen LogP contribution in [-0.2, 0) is 16.4 Å². The molecule has 1 unspecified atom stereocenters. The lowest BCUT2D eigenvalue weighted by Crippen LogP contribution is -2.09. The van der Waals surface area contributed by atoms with Crippen LogP contribution in [0.3, 0.4) is 0 Å². The number of hydrogen-bond donors (Lipinski definition) is 1. The van der Waals surface area contributed by atoms with Gasteiger partial charge in [0.2, 0.25) is 0 Å². The van der Waals surface area contributed by atoms with Crippen LogP contribution in [0, 0.1) is 5.92 Å². The lowest BCUT2D eigenvalue weighted by atomic mass is 10.1. The van der Waals surface area contributed by atoms with Crippen molar-refractivity contribution in [3.05, 3.63) is 12.3 Å². The highest BCUT2D eigenvalue weighted by molar-refractivity contribution is 7.91.